The van der Waals surface area contributed by atoms with Crippen LogP contribution in [-0.2, 0) is 20.5 Å². The van der Waals surface area contributed by atoms with Crippen LogP contribution in [0, 0.1) is 0 Å². The Bertz CT molecular complexity index is 556. The summed E-state index contributed by atoms with van der Waals surface area (Å²) in [6, 6.07) is 6.96. The second-order valence-electron chi connectivity index (χ2n) is 5.59. The smallest absolute Gasteiger partial charge is 0.218 e. The predicted molar refractivity (Wildman–Crippen MR) is 79.7 cm³/mol. The highest BCUT2D eigenvalue weighted by Crippen LogP contribution is 2.26. The summed E-state index contributed by atoms with van der Waals surface area (Å²) >= 11 is 0. The summed E-state index contributed by atoms with van der Waals surface area (Å²) in [5.74, 6) is 0.00702. The molecular formula is C14H22N2O3S. The van der Waals surface area contributed by atoms with Crippen molar-refractivity contribution in [3.63, 3.8) is 0 Å². The van der Waals surface area contributed by atoms with Gasteiger partial charge in [-0.25, -0.2) is 8.42 Å². The number of methoxy groups -OCH3 is 1. The molecule has 1 aromatic rings. The lowest BCUT2D eigenvalue weighted by Gasteiger charge is -2.38. The Balaban J connectivity index is 2.12. The molecule has 6 heteroatoms. The van der Waals surface area contributed by atoms with Crippen LogP contribution < -0.4 is 5.73 Å². The summed E-state index contributed by atoms with van der Waals surface area (Å²) in [4.78, 5) is 0. The normalized spacial score (nSPS) is 24.7. The average molecular weight is 298 g/mol. The Morgan fingerprint density at radius 2 is 2.00 bits per heavy atom. The van der Waals surface area contributed by atoms with E-state index >= 15 is 0 Å². The fourth-order valence-electron chi connectivity index (χ4n) is 2.48. The summed E-state index contributed by atoms with van der Waals surface area (Å²) < 4.78 is 32.0. The second-order valence-corrected chi connectivity index (χ2v) is 7.56. The number of benzene rings is 1. The van der Waals surface area contributed by atoms with Crippen LogP contribution in [0.5, 0.6) is 0 Å². The number of nitrogens with two attached hydrogens (primary N) is 1. The molecule has 1 aromatic carbocycles. The Hall–Kier alpha value is -1.11. The summed E-state index contributed by atoms with van der Waals surface area (Å²) in [5, 5.41) is 0. The molecule has 0 spiro atoms. The molecule has 1 heterocycles. The van der Waals surface area contributed by atoms with Crippen molar-refractivity contribution in [1.82, 2.24) is 4.31 Å². The molecule has 112 valence electrons. The lowest BCUT2D eigenvalue weighted by atomic mass is 9.96. The van der Waals surface area contributed by atoms with Gasteiger partial charge in [0.25, 0.3) is 0 Å². The van der Waals surface area contributed by atoms with Crippen LogP contribution in [0.25, 0.3) is 0 Å². The van der Waals surface area contributed by atoms with E-state index in [-0.39, 0.29) is 11.4 Å². The van der Waals surface area contributed by atoms with E-state index in [2.05, 4.69) is 0 Å². The zero-order chi connectivity index (χ0) is 14.8. The van der Waals surface area contributed by atoms with E-state index in [1.807, 2.05) is 6.92 Å². The third-order valence-corrected chi connectivity index (χ3v) is 5.64. The Labute approximate surface area is 120 Å². The van der Waals surface area contributed by atoms with E-state index < -0.39 is 10.0 Å². The summed E-state index contributed by atoms with van der Waals surface area (Å²) in [5.41, 5.74) is 6.62. The number of rotatable bonds is 4. The summed E-state index contributed by atoms with van der Waals surface area (Å²) in [6.07, 6.45) is 1.71. The van der Waals surface area contributed by atoms with Crippen molar-refractivity contribution < 1.29 is 13.2 Å². The first-order valence-electron chi connectivity index (χ1n) is 6.72. The minimum atomic E-state index is -3.32. The maximum absolute atomic E-state index is 12.5. The minimum Gasteiger partial charge on any atom is -0.399 e. The van der Waals surface area contributed by atoms with Crippen molar-refractivity contribution in [2.45, 2.75) is 31.1 Å². The molecule has 0 aliphatic carbocycles. The van der Waals surface area contributed by atoms with E-state index in [1.54, 1.807) is 31.4 Å². The van der Waals surface area contributed by atoms with Gasteiger partial charge in [0.15, 0.2) is 0 Å². The van der Waals surface area contributed by atoms with Crippen LogP contribution in [0.4, 0.5) is 5.69 Å². The van der Waals surface area contributed by atoms with Crippen molar-refractivity contribution in [3.8, 4) is 0 Å². The van der Waals surface area contributed by atoms with Crippen LogP contribution in [0.1, 0.15) is 25.3 Å². The van der Waals surface area contributed by atoms with Gasteiger partial charge in [-0.15, -0.1) is 0 Å². The molecule has 2 rings (SSSR count). The van der Waals surface area contributed by atoms with Crippen LogP contribution in [0.2, 0.25) is 0 Å². The number of nitrogen functional groups attached to an aromatic ring is 1. The van der Waals surface area contributed by atoms with Gasteiger partial charge in [0.05, 0.1) is 11.4 Å². The van der Waals surface area contributed by atoms with Gasteiger partial charge in [-0.1, -0.05) is 12.1 Å². The third kappa shape index (κ3) is 3.50. The molecule has 0 amide bonds. The lowest BCUT2D eigenvalue weighted by Crippen LogP contribution is -2.49. The van der Waals surface area contributed by atoms with Crippen molar-refractivity contribution in [3.05, 3.63) is 29.8 Å². The quantitative estimate of drug-likeness (QED) is 0.857. The van der Waals surface area contributed by atoms with E-state index in [4.69, 9.17) is 10.5 Å². The van der Waals surface area contributed by atoms with Crippen LogP contribution >= 0.6 is 0 Å². The number of piperidine rings is 1. The maximum Gasteiger partial charge on any atom is 0.218 e. The first-order valence-corrected chi connectivity index (χ1v) is 8.33. The molecule has 1 atom stereocenters. The number of anilines is 1. The second kappa shape index (κ2) is 5.71. The molecule has 1 saturated heterocycles. The molecule has 1 unspecified atom stereocenters. The third-order valence-electron chi connectivity index (χ3n) is 3.84. The molecule has 2 N–H and O–H groups in total. The van der Waals surface area contributed by atoms with E-state index in [0.717, 1.165) is 18.4 Å². The minimum absolute atomic E-state index is 0.00702. The molecule has 0 aromatic heterocycles. The molecular weight excluding hydrogens is 276 g/mol. The van der Waals surface area contributed by atoms with Crippen molar-refractivity contribution >= 4 is 15.7 Å². The zero-order valence-electron chi connectivity index (χ0n) is 12.0. The number of ether oxygens (including phenoxy) is 1. The van der Waals surface area contributed by atoms with E-state index in [0.29, 0.717) is 18.8 Å². The Morgan fingerprint density at radius 3 is 2.60 bits per heavy atom. The number of nitrogens with zero attached hydrogens (tertiary/aromatic N) is 1. The fourth-order valence-corrected chi connectivity index (χ4v) is 4.15. The van der Waals surface area contributed by atoms with E-state index in [9.17, 15) is 8.42 Å². The van der Waals surface area contributed by atoms with Crippen LogP contribution in [0.15, 0.2) is 24.3 Å². The van der Waals surface area contributed by atoms with Crippen LogP contribution in [0.3, 0.4) is 0 Å². The van der Waals surface area contributed by atoms with Crippen molar-refractivity contribution in [2.24, 2.45) is 0 Å². The Kier molecular flexibility index (Phi) is 4.36. The molecule has 1 fully saturated rings. The summed E-state index contributed by atoms with van der Waals surface area (Å²) in [7, 11) is -1.68. The SMILES string of the molecule is COC1(C)CCCN(S(=O)(=O)Cc2ccc(N)cc2)C1. The van der Waals surface area contributed by atoms with Gasteiger partial charge in [0, 0.05) is 25.9 Å². The monoisotopic (exact) mass is 298 g/mol. The van der Waals surface area contributed by atoms with Crippen molar-refractivity contribution in [1.29, 1.82) is 0 Å². The van der Waals surface area contributed by atoms with Gasteiger partial charge >= 0.3 is 0 Å². The number of hydrogen-bond donors (Lipinski definition) is 1. The van der Waals surface area contributed by atoms with Gasteiger partial charge in [0.1, 0.15) is 0 Å². The largest absolute Gasteiger partial charge is 0.399 e. The molecule has 0 bridgehead atoms. The molecule has 0 saturated carbocycles. The predicted octanol–water partition coefficient (Wildman–Crippen LogP) is 1.60. The lowest BCUT2D eigenvalue weighted by molar-refractivity contribution is -0.0319. The van der Waals surface area contributed by atoms with E-state index in [1.165, 1.54) is 4.31 Å². The zero-order valence-corrected chi connectivity index (χ0v) is 12.8. The van der Waals surface area contributed by atoms with Crippen LogP contribution in [-0.4, -0.2) is 38.5 Å². The topological polar surface area (TPSA) is 72.6 Å². The maximum atomic E-state index is 12.5. The first kappa shape index (κ1) is 15.3. The molecule has 0 radical (unpaired) electrons. The number of hydrogen-bond acceptors (Lipinski definition) is 4. The highest BCUT2D eigenvalue weighted by molar-refractivity contribution is 7.88. The average Bonchev–Trinajstić information content (AvgIpc) is 2.41. The molecule has 5 nitrogen and oxygen atoms in total. The van der Waals surface area contributed by atoms with Crippen molar-refractivity contribution in [2.75, 3.05) is 25.9 Å². The highest BCUT2D eigenvalue weighted by Gasteiger charge is 2.36. The Morgan fingerprint density at radius 1 is 1.35 bits per heavy atom. The standard InChI is InChI=1S/C14H22N2O3S/c1-14(19-2)8-3-9-16(11-14)20(17,18)10-12-4-6-13(15)7-5-12/h4-7H,3,8-11,15H2,1-2H3. The van der Waals surface area contributed by atoms with Gasteiger partial charge < -0.3 is 10.5 Å². The van der Waals surface area contributed by atoms with Gasteiger partial charge in [-0.2, -0.15) is 4.31 Å². The molecule has 1 aliphatic heterocycles. The van der Waals surface area contributed by atoms with Gasteiger partial charge in [-0.3, -0.25) is 0 Å². The first-order chi connectivity index (χ1) is 9.35. The molecule has 1 aliphatic rings. The molecule has 20 heavy (non-hydrogen) atoms. The number of sulfonamides is 1. The fraction of sp³-hybridized carbons (Fsp3) is 0.571. The van der Waals surface area contributed by atoms with Gasteiger partial charge in [0.2, 0.25) is 10.0 Å². The highest BCUT2D eigenvalue weighted by atomic mass is 32.2. The summed E-state index contributed by atoms with van der Waals surface area (Å²) in [6.45, 7) is 2.94. The van der Waals surface area contributed by atoms with Gasteiger partial charge in [-0.05, 0) is 37.5 Å².